The highest BCUT2D eigenvalue weighted by molar-refractivity contribution is 7.93. The van der Waals surface area contributed by atoms with Crippen LogP contribution < -0.4 is 14.4 Å². The molecule has 1 saturated heterocycles. The number of ether oxygens (including phenoxy) is 1. The Hall–Kier alpha value is -3.78. The van der Waals surface area contributed by atoms with Gasteiger partial charge in [0.05, 0.1) is 11.4 Å². The first-order valence-corrected chi connectivity index (χ1v) is 12.2. The van der Waals surface area contributed by atoms with Gasteiger partial charge in [-0.3, -0.25) is 9.10 Å². The number of carbonyl (C=O) groups is 1. The zero-order valence-electron chi connectivity index (χ0n) is 17.7. The Kier molecular flexibility index (Phi) is 5.51. The van der Waals surface area contributed by atoms with Gasteiger partial charge >= 0.3 is 0 Å². The highest BCUT2D eigenvalue weighted by atomic mass is 32.2. The van der Waals surface area contributed by atoms with Crippen LogP contribution >= 0.6 is 0 Å². The van der Waals surface area contributed by atoms with Gasteiger partial charge in [0.2, 0.25) is 10.0 Å². The van der Waals surface area contributed by atoms with Gasteiger partial charge in [0.15, 0.2) is 5.76 Å². The molecule has 0 bridgehead atoms. The molecule has 1 aliphatic heterocycles. The number of fused-ring (bicyclic) bond motifs is 1. The van der Waals surface area contributed by atoms with E-state index >= 15 is 0 Å². The SMILES string of the molecule is O=C(Nc1ccc(N2CCCS2(=O)=O)cc1)c1oc2ccccc2c1COc1ccccc1. The third-order valence-corrected chi connectivity index (χ3v) is 7.41. The normalized spacial score (nSPS) is 15.0. The Bertz CT molecular complexity index is 1400. The molecule has 1 aromatic heterocycles. The van der Waals surface area contributed by atoms with Crippen molar-refractivity contribution < 1.29 is 22.4 Å². The first-order chi connectivity index (χ1) is 16.0. The van der Waals surface area contributed by atoms with Crippen LogP contribution in [-0.2, 0) is 16.6 Å². The van der Waals surface area contributed by atoms with Crippen molar-refractivity contribution in [2.45, 2.75) is 13.0 Å². The Morgan fingerprint density at radius 2 is 1.70 bits per heavy atom. The number of para-hydroxylation sites is 2. The van der Waals surface area contributed by atoms with E-state index in [0.29, 0.717) is 41.2 Å². The average Bonchev–Trinajstić information content (AvgIpc) is 3.38. The van der Waals surface area contributed by atoms with Gasteiger partial charge in [-0.1, -0.05) is 36.4 Å². The molecule has 4 aromatic rings. The molecule has 0 aliphatic carbocycles. The lowest BCUT2D eigenvalue weighted by Gasteiger charge is -2.17. The van der Waals surface area contributed by atoms with Crippen molar-refractivity contribution in [3.05, 3.63) is 90.2 Å². The summed E-state index contributed by atoms with van der Waals surface area (Å²) in [5.41, 5.74) is 2.39. The number of carbonyl (C=O) groups excluding carboxylic acids is 1. The monoisotopic (exact) mass is 462 g/mol. The summed E-state index contributed by atoms with van der Waals surface area (Å²) in [4.78, 5) is 13.1. The fourth-order valence-electron chi connectivity index (χ4n) is 3.93. The molecule has 0 unspecified atom stereocenters. The number of amides is 1. The Balaban J connectivity index is 1.38. The van der Waals surface area contributed by atoms with E-state index in [4.69, 9.17) is 9.15 Å². The van der Waals surface area contributed by atoms with E-state index < -0.39 is 15.9 Å². The van der Waals surface area contributed by atoms with Crippen molar-refractivity contribution >= 4 is 38.3 Å². The molecule has 168 valence electrons. The lowest BCUT2D eigenvalue weighted by Crippen LogP contribution is -2.25. The zero-order chi connectivity index (χ0) is 22.8. The van der Waals surface area contributed by atoms with E-state index in [2.05, 4.69) is 5.32 Å². The van der Waals surface area contributed by atoms with E-state index in [-0.39, 0.29) is 18.1 Å². The van der Waals surface area contributed by atoms with Crippen molar-refractivity contribution in [2.75, 3.05) is 21.9 Å². The van der Waals surface area contributed by atoms with Crippen LogP contribution in [0.1, 0.15) is 22.5 Å². The molecule has 8 heteroatoms. The van der Waals surface area contributed by atoms with E-state index in [0.717, 1.165) is 5.39 Å². The van der Waals surface area contributed by atoms with Gasteiger partial charge in [0, 0.05) is 23.2 Å². The number of anilines is 2. The highest BCUT2D eigenvalue weighted by Gasteiger charge is 2.28. The number of furan rings is 1. The van der Waals surface area contributed by atoms with Crippen LogP contribution in [0.5, 0.6) is 5.75 Å². The maximum Gasteiger partial charge on any atom is 0.291 e. The predicted octanol–water partition coefficient (Wildman–Crippen LogP) is 4.80. The summed E-state index contributed by atoms with van der Waals surface area (Å²) < 4.78 is 37.4. The second-order valence-electron chi connectivity index (χ2n) is 7.75. The molecule has 7 nitrogen and oxygen atoms in total. The molecule has 33 heavy (non-hydrogen) atoms. The van der Waals surface area contributed by atoms with Crippen molar-refractivity contribution in [3.8, 4) is 5.75 Å². The first kappa shape index (κ1) is 21.1. The molecule has 2 heterocycles. The van der Waals surface area contributed by atoms with E-state index in [1.54, 1.807) is 24.3 Å². The van der Waals surface area contributed by atoms with E-state index in [9.17, 15) is 13.2 Å². The van der Waals surface area contributed by atoms with Crippen molar-refractivity contribution in [2.24, 2.45) is 0 Å². The minimum atomic E-state index is -3.25. The molecule has 5 rings (SSSR count). The van der Waals surface area contributed by atoms with Crippen LogP contribution in [0.25, 0.3) is 11.0 Å². The molecule has 1 aliphatic rings. The molecule has 1 N–H and O–H groups in total. The fourth-order valence-corrected chi connectivity index (χ4v) is 5.49. The number of sulfonamides is 1. The number of benzene rings is 3. The minimum Gasteiger partial charge on any atom is -0.489 e. The number of rotatable bonds is 6. The van der Waals surface area contributed by atoms with Gasteiger partial charge in [-0.15, -0.1) is 0 Å². The largest absolute Gasteiger partial charge is 0.489 e. The summed E-state index contributed by atoms with van der Waals surface area (Å²) in [6, 6.07) is 23.6. The average molecular weight is 463 g/mol. The first-order valence-electron chi connectivity index (χ1n) is 10.6. The molecule has 0 saturated carbocycles. The molecular formula is C25H22N2O5S. The van der Waals surface area contributed by atoms with E-state index in [1.165, 1.54) is 4.31 Å². The smallest absolute Gasteiger partial charge is 0.291 e. The third-order valence-electron chi connectivity index (χ3n) is 5.54. The van der Waals surface area contributed by atoms with Crippen LogP contribution in [0.3, 0.4) is 0 Å². The molecule has 3 aromatic carbocycles. The Labute approximate surface area is 191 Å². The van der Waals surface area contributed by atoms with Crippen LogP contribution in [0, 0.1) is 0 Å². The molecule has 0 spiro atoms. The van der Waals surface area contributed by atoms with Gasteiger partial charge in [-0.2, -0.15) is 0 Å². The zero-order valence-corrected chi connectivity index (χ0v) is 18.5. The third kappa shape index (κ3) is 4.29. The lowest BCUT2D eigenvalue weighted by molar-refractivity contribution is 0.0995. The van der Waals surface area contributed by atoms with Crippen LogP contribution in [0.15, 0.2) is 83.3 Å². The topological polar surface area (TPSA) is 88.9 Å². The number of nitrogens with one attached hydrogen (secondary N) is 1. The van der Waals surface area contributed by atoms with Gasteiger partial charge in [0.1, 0.15) is 17.9 Å². The molecule has 0 atom stereocenters. The molecular weight excluding hydrogens is 440 g/mol. The standard InChI is InChI=1S/C25H22N2O5S/c28-25(26-18-11-13-19(14-12-18)27-15-6-16-33(27,29)30)24-22(17-31-20-7-2-1-3-8-20)21-9-4-5-10-23(21)32-24/h1-5,7-14H,6,15-17H2,(H,26,28). The molecule has 1 fully saturated rings. The Morgan fingerprint density at radius 1 is 0.970 bits per heavy atom. The molecule has 1 amide bonds. The van der Waals surface area contributed by atoms with Gasteiger partial charge < -0.3 is 14.5 Å². The van der Waals surface area contributed by atoms with Gasteiger partial charge in [-0.05, 0) is 48.9 Å². The van der Waals surface area contributed by atoms with Crippen LogP contribution in [-0.4, -0.2) is 26.6 Å². The fraction of sp³-hybridized carbons (Fsp3) is 0.160. The van der Waals surface area contributed by atoms with Gasteiger partial charge in [-0.25, -0.2) is 8.42 Å². The van der Waals surface area contributed by atoms with Crippen molar-refractivity contribution in [1.82, 2.24) is 0 Å². The summed E-state index contributed by atoms with van der Waals surface area (Å²) in [5.74, 6) is 0.630. The molecule has 0 radical (unpaired) electrons. The highest BCUT2D eigenvalue weighted by Crippen LogP contribution is 2.29. The number of nitrogens with zero attached hydrogens (tertiary/aromatic N) is 1. The summed E-state index contributed by atoms with van der Waals surface area (Å²) in [6.45, 7) is 0.646. The summed E-state index contributed by atoms with van der Waals surface area (Å²) in [6.07, 6.45) is 0.612. The predicted molar refractivity (Wildman–Crippen MR) is 127 cm³/mol. The number of hydrogen-bond donors (Lipinski definition) is 1. The maximum atomic E-state index is 13.1. The Morgan fingerprint density at radius 3 is 2.42 bits per heavy atom. The summed E-state index contributed by atoms with van der Waals surface area (Å²) >= 11 is 0. The lowest BCUT2D eigenvalue weighted by atomic mass is 10.1. The van der Waals surface area contributed by atoms with Crippen LogP contribution in [0.2, 0.25) is 0 Å². The summed E-state index contributed by atoms with van der Waals surface area (Å²) in [7, 11) is -3.25. The maximum absolute atomic E-state index is 13.1. The van der Waals surface area contributed by atoms with E-state index in [1.807, 2.05) is 54.6 Å². The van der Waals surface area contributed by atoms with Crippen molar-refractivity contribution in [1.29, 1.82) is 0 Å². The minimum absolute atomic E-state index is 0.158. The summed E-state index contributed by atoms with van der Waals surface area (Å²) in [5, 5.41) is 3.65. The van der Waals surface area contributed by atoms with Gasteiger partial charge in [0.25, 0.3) is 5.91 Å². The second-order valence-corrected chi connectivity index (χ2v) is 9.76. The van der Waals surface area contributed by atoms with Crippen molar-refractivity contribution in [3.63, 3.8) is 0 Å². The quantitative estimate of drug-likeness (QED) is 0.444. The van der Waals surface area contributed by atoms with Crippen LogP contribution in [0.4, 0.5) is 11.4 Å². The number of hydrogen-bond acceptors (Lipinski definition) is 5. The second kappa shape index (κ2) is 8.63.